The molecular formula is C24H39F3N4O. The predicted molar refractivity (Wildman–Crippen MR) is 125 cm³/mol. The molecule has 0 spiro atoms. The Bertz CT molecular complexity index is 709. The number of carbonyl (C=O) groups is 1. The van der Waals surface area contributed by atoms with Crippen LogP contribution >= 0.6 is 0 Å². The lowest BCUT2D eigenvalue weighted by atomic mass is 10.1. The van der Waals surface area contributed by atoms with Crippen molar-refractivity contribution in [1.82, 2.24) is 15.5 Å². The van der Waals surface area contributed by atoms with Crippen molar-refractivity contribution in [2.24, 2.45) is 4.99 Å². The first kappa shape index (κ1) is 27.8. The van der Waals surface area contributed by atoms with Crippen LogP contribution in [0, 0.1) is 0 Å². The highest BCUT2D eigenvalue weighted by atomic mass is 19.4. The van der Waals surface area contributed by atoms with Crippen molar-refractivity contribution < 1.29 is 18.0 Å². The molecule has 0 atom stereocenters. The van der Waals surface area contributed by atoms with Gasteiger partial charge in [0.15, 0.2) is 0 Å². The lowest BCUT2D eigenvalue weighted by molar-refractivity contribution is -0.127. The smallest absolute Gasteiger partial charge is 0.385 e. The Morgan fingerprint density at radius 2 is 1.84 bits per heavy atom. The zero-order valence-corrected chi connectivity index (χ0v) is 19.9. The van der Waals surface area contributed by atoms with Gasteiger partial charge in [-0.25, -0.2) is 4.99 Å². The van der Waals surface area contributed by atoms with Crippen LogP contribution in [0.15, 0.2) is 40.3 Å². The fourth-order valence-corrected chi connectivity index (χ4v) is 3.32. The Balaban J connectivity index is 2.92. The van der Waals surface area contributed by atoms with Crippen molar-refractivity contribution in [3.63, 3.8) is 0 Å². The first-order valence-corrected chi connectivity index (χ1v) is 11.7. The van der Waals surface area contributed by atoms with E-state index in [2.05, 4.69) is 22.5 Å². The standard InChI is InChI=1S/C24H39F3N4O/c1-5-8-12-20(7-3)30-19(4)29-18-21(24(25,26)27)22(13-9-6-2)28-15-11-17-31-16-10-14-23(31)32/h12-13,18,28H,5-11,14-17H2,1-4H3,(H,29,30)/b20-12+,21-18+,22-13-. The van der Waals surface area contributed by atoms with E-state index in [0.717, 1.165) is 50.5 Å². The van der Waals surface area contributed by atoms with Gasteiger partial charge in [-0.05, 0) is 39.0 Å². The molecule has 0 aromatic carbocycles. The number of nitrogens with zero attached hydrogens (tertiary/aromatic N) is 2. The molecule has 0 unspecified atom stereocenters. The second-order valence-corrected chi connectivity index (χ2v) is 7.92. The fourth-order valence-electron chi connectivity index (χ4n) is 3.32. The Kier molecular flexibility index (Phi) is 12.8. The third-order valence-corrected chi connectivity index (χ3v) is 5.11. The predicted octanol–water partition coefficient (Wildman–Crippen LogP) is 5.82. The Morgan fingerprint density at radius 1 is 1.16 bits per heavy atom. The molecule has 1 aliphatic heterocycles. The second kappa shape index (κ2) is 14.7. The molecule has 0 saturated carbocycles. The molecule has 1 heterocycles. The summed E-state index contributed by atoms with van der Waals surface area (Å²) in [5, 5.41) is 6.04. The number of amides is 1. The number of halogens is 3. The molecule has 1 fully saturated rings. The maximum Gasteiger partial charge on any atom is 0.419 e. The summed E-state index contributed by atoms with van der Waals surface area (Å²) in [6.45, 7) is 9.29. The van der Waals surface area contributed by atoms with E-state index in [-0.39, 0.29) is 11.6 Å². The number of rotatable bonds is 13. The Hall–Kier alpha value is -2.25. The average molecular weight is 457 g/mol. The molecule has 1 rings (SSSR count). The number of carbonyl (C=O) groups excluding carboxylic acids is 1. The van der Waals surface area contributed by atoms with Gasteiger partial charge in [-0.1, -0.05) is 45.8 Å². The first-order chi connectivity index (χ1) is 15.2. The van der Waals surface area contributed by atoms with Crippen LogP contribution in [0.5, 0.6) is 0 Å². The van der Waals surface area contributed by atoms with Gasteiger partial charge in [0.2, 0.25) is 5.91 Å². The number of alkyl halides is 3. The summed E-state index contributed by atoms with van der Waals surface area (Å²) in [5.74, 6) is 0.540. The third-order valence-electron chi connectivity index (χ3n) is 5.11. The Morgan fingerprint density at radius 3 is 2.41 bits per heavy atom. The highest BCUT2D eigenvalue weighted by Gasteiger charge is 2.36. The number of likely N-dealkylation sites (tertiary alicyclic amines) is 1. The van der Waals surface area contributed by atoms with Gasteiger partial charge in [-0.15, -0.1) is 0 Å². The van der Waals surface area contributed by atoms with E-state index in [1.54, 1.807) is 17.9 Å². The summed E-state index contributed by atoms with van der Waals surface area (Å²) in [6, 6.07) is 0. The molecule has 1 saturated heterocycles. The molecule has 0 aromatic rings. The topological polar surface area (TPSA) is 56.7 Å². The molecule has 0 bridgehead atoms. The van der Waals surface area contributed by atoms with E-state index >= 15 is 0 Å². The molecule has 2 N–H and O–H groups in total. The van der Waals surface area contributed by atoms with Crippen molar-refractivity contribution >= 4 is 11.7 Å². The maximum absolute atomic E-state index is 13.8. The summed E-state index contributed by atoms with van der Waals surface area (Å²) in [4.78, 5) is 17.5. The number of amidine groups is 1. The number of allylic oxidation sites excluding steroid dienone is 4. The minimum absolute atomic E-state index is 0.0425. The van der Waals surface area contributed by atoms with Gasteiger partial charge in [-0.2, -0.15) is 13.2 Å². The normalized spacial score (nSPS) is 16.7. The molecule has 182 valence electrons. The minimum atomic E-state index is -4.53. The molecule has 1 aliphatic rings. The molecule has 0 aromatic heterocycles. The van der Waals surface area contributed by atoms with Crippen LogP contribution in [0.4, 0.5) is 13.2 Å². The van der Waals surface area contributed by atoms with Crippen molar-refractivity contribution in [3.05, 3.63) is 35.3 Å². The van der Waals surface area contributed by atoms with Crippen molar-refractivity contribution in [3.8, 4) is 0 Å². The zero-order chi connectivity index (χ0) is 24.0. The van der Waals surface area contributed by atoms with Crippen LogP contribution in [0.1, 0.15) is 79.1 Å². The SMILES string of the molecule is CCC/C=C(NCCCN1CCCC1=O)/C(=C\N=C(C)N/C(=C/CCC)CC)C(F)(F)F. The lowest BCUT2D eigenvalue weighted by Gasteiger charge is -2.19. The van der Waals surface area contributed by atoms with Gasteiger partial charge in [-0.3, -0.25) is 4.79 Å². The quantitative estimate of drug-likeness (QED) is 0.159. The largest absolute Gasteiger partial charge is 0.419 e. The van der Waals surface area contributed by atoms with Gasteiger partial charge in [0, 0.05) is 43.6 Å². The van der Waals surface area contributed by atoms with E-state index in [4.69, 9.17) is 0 Å². The maximum atomic E-state index is 13.8. The van der Waals surface area contributed by atoms with Crippen LogP contribution in [0.3, 0.4) is 0 Å². The van der Waals surface area contributed by atoms with Crippen LogP contribution in [-0.2, 0) is 4.79 Å². The van der Waals surface area contributed by atoms with Crippen molar-refractivity contribution in [2.75, 3.05) is 19.6 Å². The molecule has 0 aliphatic carbocycles. The zero-order valence-electron chi connectivity index (χ0n) is 19.9. The van der Waals surface area contributed by atoms with Crippen LogP contribution < -0.4 is 10.6 Å². The number of hydrogen-bond donors (Lipinski definition) is 2. The van der Waals surface area contributed by atoms with Gasteiger partial charge in [0.25, 0.3) is 0 Å². The van der Waals surface area contributed by atoms with E-state index < -0.39 is 11.7 Å². The van der Waals surface area contributed by atoms with E-state index in [0.29, 0.717) is 38.2 Å². The van der Waals surface area contributed by atoms with E-state index in [9.17, 15) is 18.0 Å². The number of hydrogen-bond acceptors (Lipinski definition) is 3. The number of nitrogens with one attached hydrogen (secondary N) is 2. The highest BCUT2D eigenvalue weighted by Crippen LogP contribution is 2.30. The Labute approximate surface area is 190 Å². The van der Waals surface area contributed by atoms with Crippen LogP contribution in [0.25, 0.3) is 0 Å². The van der Waals surface area contributed by atoms with Crippen molar-refractivity contribution in [1.29, 1.82) is 0 Å². The summed E-state index contributed by atoms with van der Waals surface area (Å²) >= 11 is 0. The van der Waals surface area contributed by atoms with Gasteiger partial charge in [0.1, 0.15) is 5.84 Å². The average Bonchev–Trinajstić information content (AvgIpc) is 3.15. The molecule has 8 heteroatoms. The van der Waals surface area contributed by atoms with Crippen LogP contribution in [0.2, 0.25) is 0 Å². The van der Waals surface area contributed by atoms with Gasteiger partial charge < -0.3 is 15.5 Å². The molecular weight excluding hydrogens is 417 g/mol. The summed E-state index contributed by atoms with van der Waals surface area (Å²) in [7, 11) is 0. The van der Waals surface area contributed by atoms with E-state index in [1.807, 2.05) is 19.9 Å². The summed E-state index contributed by atoms with van der Waals surface area (Å²) < 4.78 is 41.5. The number of unbranched alkanes of at least 4 members (excludes halogenated alkanes) is 2. The monoisotopic (exact) mass is 456 g/mol. The minimum Gasteiger partial charge on any atom is -0.385 e. The molecule has 5 nitrogen and oxygen atoms in total. The highest BCUT2D eigenvalue weighted by molar-refractivity contribution is 5.81. The number of aliphatic imine (C=N–C) groups is 1. The van der Waals surface area contributed by atoms with Gasteiger partial charge in [0.05, 0.1) is 5.57 Å². The lowest BCUT2D eigenvalue weighted by Crippen LogP contribution is -2.29. The fraction of sp³-hybridized carbons (Fsp3) is 0.667. The van der Waals surface area contributed by atoms with Crippen molar-refractivity contribution in [2.45, 2.75) is 85.2 Å². The molecule has 1 amide bonds. The summed E-state index contributed by atoms with van der Waals surface area (Å²) in [6.07, 6.45) is 5.93. The molecule has 32 heavy (non-hydrogen) atoms. The second-order valence-electron chi connectivity index (χ2n) is 7.92. The third kappa shape index (κ3) is 10.4. The summed E-state index contributed by atoms with van der Waals surface area (Å²) in [5.41, 5.74) is 0.201. The van der Waals surface area contributed by atoms with Crippen LogP contribution in [-0.4, -0.2) is 42.5 Å². The molecule has 0 radical (unpaired) electrons. The van der Waals surface area contributed by atoms with Gasteiger partial charge >= 0.3 is 6.18 Å². The van der Waals surface area contributed by atoms with E-state index in [1.165, 1.54) is 0 Å². The first-order valence-electron chi connectivity index (χ1n) is 11.7.